The Morgan fingerprint density at radius 1 is 0.533 bits per heavy atom. The van der Waals surface area contributed by atoms with E-state index in [4.69, 9.17) is 9.72 Å². The quantitative estimate of drug-likeness (QED) is 0.324. The first-order chi connectivity index (χ1) is 14.9. The second-order valence-electron chi connectivity index (χ2n) is 7.16. The molecule has 4 aromatic carbocycles. The lowest BCUT2D eigenvalue weighted by atomic mass is 9.91. The molecule has 5 aromatic rings. The molecule has 0 N–H and O–H groups in total. The highest BCUT2D eigenvalue weighted by molar-refractivity contribution is 6.10. The predicted octanol–water partition coefficient (Wildman–Crippen LogP) is 7.24. The molecule has 1 heterocycles. The Balaban J connectivity index is 1.97. The van der Waals surface area contributed by atoms with Crippen LogP contribution in [0.1, 0.15) is 0 Å². The Morgan fingerprint density at radius 2 is 1.07 bits per heavy atom. The van der Waals surface area contributed by atoms with E-state index in [9.17, 15) is 0 Å². The average Bonchev–Trinajstić information content (AvgIpc) is 2.84. The summed E-state index contributed by atoms with van der Waals surface area (Å²) in [6.07, 6.45) is 0. The van der Waals surface area contributed by atoms with Gasteiger partial charge in [0, 0.05) is 16.7 Å². The van der Waals surface area contributed by atoms with E-state index in [1.165, 1.54) is 0 Å². The van der Waals surface area contributed by atoms with Gasteiger partial charge in [0.25, 0.3) is 0 Å². The molecule has 2 heteroatoms. The molecule has 0 spiro atoms. The molecule has 0 aliphatic heterocycles. The van der Waals surface area contributed by atoms with Crippen LogP contribution in [0, 0.1) is 0 Å². The van der Waals surface area contributed by atoms with Gasteiger partial charge in [-0.1, -0.05) is 103 Å². The molecule has 0 atom stereocenters. The van der Waals surface area contributed by atoms with Crippen LogP contribution in [-0.2, 0) is 0 Å². The van der Waals surface area contributed by atoms with Crippen LogP contribution in [0.15, 0.2) is 109 Å². The second kappa shape index (κ2) is 7.84. The zero-order valence-corrected chi connectivity index (χ0v) is 16.7. The summed E-state index contributed by atoms with van der Waals surface area (Å²) in [6, 6.07) is 37.4. The number of fused-ring (bicyclic) bond motifs is 1. The van der Waals surface area contributed by atoms with Crippen LogP contribution >= 0.6 is 0 Å². The number of aromatic nitrogens is 1. The van der Waals surface area contributed by atoms with Gasteiger partial charge in [-0.25, -0.2) is 4.98 Å². The van der Waals surface area contributed by atoms with Crippen LogP contribution in [0.2, 0.25) is 0 Å². The summed E-state index contributed by atoms with van der Waals surface area (Å²) in [4.78, 5) is 5.25. The number of pyridine rings is 1. The Labute approximate surface area is 176 Å². The number of nitrogens with zero attached hydrogens (tertiary/aromatic N) is 1. The fourth-order valence-corrected chi connectivity index (χ4v) is 4.01. The van der Waals surface area contributed by atoms with Crippen molar-refractivity contribution in [2.24, 2.45) is 0 Å². The molecular weight excluding hydrogens is 366 g/mol. The topological polar surface area (TPSA) is 22.1 Å². The van der Waals surface area contributed by atoms with Crippen molar-refractivity contribution >= 4 is 10.8 Å². The summed E-state index contributed by atoms with van der Waals surface area (Å²) in [5.41, 5.74) is 6.34. The number of hydrogen-bond donors (Lipinski definition) is 0. The van der Waals surface area contributed by atoms with E-state index in [1.54, 1.807) is 7.11 Å². The van der Waals surface area contributed by atoms with Crippen LogP contribution in [0.4, 0.5) is 0 Å². The summed E-state index contributed by atoms with van der Waals surface area (Å²) in [5, 5.41) is 2.16. The first-order valence-electron chi connectivity index (χ1n) is 10.0. The van der Waals surface area contributed by atoms with Gasteiger partial charge in [0.15, 0.2) is 0 Å². The monoisotopic (exact) mass is 387 g/mol. The van der Waals surface area contributed by atoms with Crippen molar-refractivity contribution in [3.05, 3.63) is 109 Å². The van der Waals surface area contributed by atoms with E-state index in [2.05, 4.69) is 72.8 Å². The van der Waals surface area contributed by atoms with Crippen LogP contribution in [0.3, 0.4) is 0 Å². The lowest BCUT2D eigenvalue weighted by molar-refractivity contribution is 0.420. The van der Waals surface area contributed by atoms with Gasteiger partial charge in [-0.15, -0.1) is 0 Å². The second-order valence-corrected chi connectivity index (χ2v) is 7.16. The first-order valence-corrected chi connectivity index (χ1v) is 10.0. The number of hydrogen-bond acceptors (Lipinski definition) is 2. The van der Waals surface area contributed by atoms with Gasteiger partial charge < -0.3 is 4.74 Å². The molecule has 1 aromatic heterocycles. The standard InChI is InChI=1S/C28H21NO/c1-30-24-19-11-18-23-25(20-12-5-2-6-13-20)27(21-14-7-3-8-15-21)29-28(26(23)24)22-16-9-4-10-17-22/h2-19H,1H3. The van der Waals surface area contributed by atoms with Gasteiger partial charge in [0.1, 0.15) is 5.75 Å². The van der Waals surface area contributed by atoms with E-state index in [-0.39, 0.29) is 0 Å². The van der Waals surface area contributed by atoms with Gasteiger partial charge in [-0.3, -0.25) is 0 Å². The van der Waals surface area contributed by atoms with Crippen molar-refractivity contribution in [1.29, 1.82) is 0 Å². The Bertz CT molecular complexity index is 1300. The van der Waals surface area contributed by atoms with Gasteiger partial charge >= 0.3 is 0 Å². The van der Waals surface area contributed by atoms with Gasteiger partial charge in [-0.2, -0.15) is 0 Å². The molecule has 0 saturated heterocycles. The molecule has 0 aliphatic carbocycles. The third kappa shape index (κ3) is 3.13. The number of ether oxygens (including phenoxy) is 1. The summed E-state index contributed by atoms with van der Waals surface area (Å²) >= 11 is 0. The van der Waals surface area contributed by atoms with Gasteiger partial charge in [0.2, 0.25) is 0 Å². The lowest BCUT2D eigenvalue weighted by Gasteiger charge is -2.18. The van der Waals surface area contributed by atoms with E-state index < -0.39 is 0 Å². The lowest BCUT2D eigenvalue weighted by Crippen LogP contribution is -1.98. The third-order valence-electron chi connectivity index (χ3n) is 5.37. The molecule has 144 valence electrons. The SMILES string of the molecule is COc1cccc2c(-c3ccccc3)c(-c3ccccc3)nc(-c3ccccc3)c12. The minimum absolute atomic E-state index is 0.829. The van der Waals surface area contributed by atoms with Crippen molar-refractivity contribution in [2.75, 3.05) is 7.11 Å². The maximum Gasteiger partial charge on any atom is 0.128 e. The zero-order chi connectivity index (χ0) is 20.3. The van der Waals surface area contributed by atoms with Gasteiger partial charge in [0.05, 0.1) is 23.9 Å². The van der Waals surface area contributed by atoms with Crippen LogP contribution in [0.25, 0.3) is 44.4 Å². The Kier molecular flexibility index (Phi) is 4.74. The Hall–Kier alpha value is -3.91. The number of rotatable bonds is 4. The van der Waals surface area contributed by atoms with Crippen molar-refractivity contribution in [3.8, 4) is 39.4 Å². The molecule has 2 nitrogen and oxygen atoms in total. The van der Waals surface area contributed by atoms with Crippen molar-refractivity contribution < 1.29 is 4.74 Å². The van der Waals surface area contributed by atoms with E-state index >= 15 is 0 Å². The average molecular weight is 387 g/mol. The van der Waals surface area contributed by atoms with E-state index in [0.29, 0.717) is 0 Å². The van der Waals surface area contributed by atoms with Crippen molar-refractivity contribution in [1.82, 2.24) is 4.98 Å². The number of methoxy groups -OCH3 is 1. The van der Waals surface area contributed by atoms with Crippen LogP contribution < -0.4 is 4.74 Å². The zero-order valence-electron chi connectivity index (χ0n) is 16.7. The molecule has 0 bridgehead atoms. The molecule has 0 saturated carbocycles. The van der Waals surface area contributed by atoms with Crippen molar-refractivity contribution in [2.45, 2.75) is 0 Å². The molecular formula is C28H21NO. The van der Waals surface area contributed by atoms with E-state index in [1.807, 2.05) is 36.4 Å². The molecule has 0 unspecified atom stereocenters. The highest BCUT2D eigenvalue weighted by Gasteiger charge is 2.20. The van der Waals surface area contributed by atoms with Crippen LogP contribution in [0.5, 0.6) is 5.75 Å². The predicted molar refractivity (Wildman–Crippen MR) is 125 cm³/mol. The molecule has 0 fully saturated rings. The van der Waals surface area contributed by atoms with Gasteiger partial charge in [-0.05, 0) is 17.0 Å². The van der Waals surface area contributed by atoms with Crippen LogP contribution in [-0.4, -0.2) is 12.1 Å². The number of benzene rings is 4. The molecule has 30 heavy (non-hydrogen) atoms. The normalized spacial score (nSPS) is 10.8. The molecule has 0 aliphatic rings. The maximum absolute atomic E-state index is 5.79. The smallest absolute Gasteiger partial charge is 0.128 e. The fourth-order valence-electron chi connectivity index (χ4n) is 4.01. The maximum atomic E-state index is 5.79. The molecule has 0 amide bonds. The highest BCUT2D eigenvalue weighted by atomic mass is 16.5. The molecule has 0 radical (unpaired) electrons. The molecule has 5 rings (SSSR count). The summed E-state index contributed by atoms with van der Waals surface area (Å²) in [6.45, 7) is 0. The highest BCUT2D eigenvalue weighted by Crippen LogP contribution is 2.43. The summed E-state index contributed by atoms with van der Waals surface area (Å²) < 4.78 is 5.79. The minimum Gasteiger partial charge on any atom is -0.496 e. The Morgan fingerprint density at radius 3 is 1.63 bits per heavy atom. The van der Waals surface area contributed by atoms with Crippen molar-refractivity contribution in [3.63, 3.8) is 0 Å². The third-order valence-corrected chi connectivity index (χ3v) is 5.37. The first kappa shape index (κ1) is 18.1. The minimum atomic E-state index is 0.829. The van der Waals surface area contributed by atoms with E-state index in [0.717, 1.165) is 50.2 Å². The largest absolute Gasteiger partial charge is 0.496 e. The summed E-state index contributed by atoms with van der Waals surface area (Å²) in [5.74, 6) is 0.829. The fraction of sp³-hybridized carbons (Fsp3) is 0.0357. The summed E-state index contributed by atoms with van der Waals surface area (Å²) in [7, 11) is 1.72.